The van der Waals surface area contributed by atoms with Gasteiger partial charge in [-0.2, -0.15) is 13.2 Å². The van der Waals surface area contributed by atoms with Crippen LogP contribution in [0.3, 0.4) is 0 Å². The van der Waals surface area contributed by atoms with Crippen molar-refractivity contribution in [3.63, 3.8) is 0 Å². The predicted molar refractivity (Wildman–Crippen MR) is 97.1 cm³/mol. The van der Waals surface area contributed by atoms with E-state index in [-0.39, 0.29) is 12.1 Å². The lowest BCUT2D eigenvalue weighted by Gasteiger charge is -2.29. The molecule has 0 radical (unpaired) electrons. The standard InChI is InChI=1S/C19H16F4N2O2S/c1-25(11-12-6-2-3-7-13(12)20)16(26)10-18(27,19(21,22)23)17-24-14-8-4-5-9-15(14)28-17/h2-9,27H,10-11H2,1H3. The molecule has 4 nitrogen and oxygen atoms in total. The van der Waals surface area contributed by atoms with Crippen molar-refractivity contribution in [2.24, 2.45) is 0 Å². The first-order chi connectivity index (χ1) is 13.1. The third-order valence-electron chi connectivity index (χ3n) is 4.31. The lowest BCUT2D eigenvalue weighted by Crippen LogP contribution is -2.46. The summed E-state index contributed by atoms with van der Waals surface area (Å²) in [6.07, 6.45) is -6.36. The van der Waals surface area contributed by atoms with Gasteiger partial charge in [0.05, 0.1) is 16.6 Å². The molecule has 1 aromatic heterocycles. The summed E-state index contributed by atoms with van der Waals surface area (Å²) in [5.41, 5.74) is -2.97. The summed E-state index contributed by atoms with van der Waals surface area (Å²) in [5, 5.41) is 9.86. The number of nitrogens with zero attached hydrogens (tertiary/aromatic N) is 2. The molecule has 0 bridgehead atoms. The maximum Gasteiger partial charge on any atom is 0.424 e. The Morgan fingerprint density at radius 2 is 1.79 bits per heavy atom. The highest BCUT2D eigenvalue weighted by atomic mass is 32.1. The van der Waals surface area contributed by atoms with Gasteiger partial charge in [-0.3, -0.25) is 4.79 Å². The van der Waals surface area contributed by atoms with Gasteiger partial charge < -0.3 is 10.0 Å². The normalized spacial score (nSPS) is 14.1. The van der Waals surface area contributed by atoms with Gasteiger partial charge in [-0.1, -0.05) is 30.3 Å². The van der Waals surface area contributed by atoms with Crippen LogP contribution in [0.5, 0.6) is 0 Å². The van der Waals surface area contributed by atoms with Gasteiger partial charge in [-0.05, 0) is 18.2 Å². The van der Waals surface area contributed by atoms with Crippen LogP contribution in [0.25, 0.3) is 10.2 Å². The predicted octanol–water partition coefficient (Wildman–Crippen LogP) is 4.23. The fourth-order valence-electron chi connectivity index (χ4n) is 2.67. The van der Waals surface area contributed by atoms with Gasteiger partial charge in [0.1, 0.15) is 10.8 Å². The number of hydrogen-bond donors (Lipinski definition) is 1. The second-order valence-corrected chi connectivity index (χ2v) is 7.39. The van der Waals surface area contributed by atoms with Crippen LogP contribution in [0.4, 0.5) is 17.6 Å². The van der Waals surface area contributed by atoms with Gasteiger partial charge in [0.2, 0.25) is 11.5 Å². The summed E-state index contributed by atoms with van der Waals surface area (Å²) >= 11 is 0.679. The zero-order valence-electron chi connectivity index (χ0n) is 14.7. The van der Waals surface area contributed by atoms with Crippen molar-refractivity contribution in [2.45, 2.75) is 24.7 Å². The molecule has 1 unspecified atom stereocenters. The smallest absolute Gasteiger partial charge is 0.374 e. The Morgan fingerprint density at radius 1 is 1.14 bits per heavy atom. The third kappa shape index (κ3) is 3.85. The van der Waals surface area contributed by atoms with Crippen molar-refractivity contribution in [3.8, 4) is 0 Å². The fraction of sp³-hybridized carbons (Fsp3) is 0.263. The zero-order chi connectivity index (χ0) is 20.5. The quantitative estimate of drug-likeness (QED) is 0.638. The first kappa shape index (κ1) is 20.2. The topological polar surface area (TPSA) is 53.4 Å². The summed E-state index contributed by atoms with van der Waals surface area (Å²) in [4.78, 5) is 17.3. The molecule has 1 atom stereocenters. The van der Waals surface area contributed by atoms with Crippen molar-refractivity contribution in [1.82, 2.24) is 9.88 Å². The van der Waals surface area contributed by atoms with E-state index in [1.165, 1.54) is 31.3 Å². The number of para-hydroxylation sites is 1. The zero-order valence-corrected chi connectivity index (χ0v) is 15.5. The number of alkyl halides is 3. The Bertz CT molecular complexity index is 972. The van der Waals surface area contributed by atoms with E-state index < -0.39 is 34.9 Å². The minimum atomic E-state index is -5.12. The number of rotatable bonds is 5. The van der Waals surface area contributed by atoms with Crippen molar-refractivity contribution < 1.29 is 27.5 Å². The number of hydrogen-bond acceptors (Lipinski definition) is 4. The molecule has 3 rings (SSSR count). The van der Waals surface area contributed by atoms with Crippen LogP contribution in [0, 0.1) is 5.82 Å². The molecule has 0 spiro atoms. The Balaban J connectivity index is 1.88. The largest absolute Gasteiger partial charge is 0.424 e. The molecule has 28 heavy (non-hydrogen) atoms. The first-order valence-corrected chi connectivity index (χ1v) is 9.06. The lowest BCUT2D eigenvalue weighted by atomic mass is 9.98. The molecule has 148 valence electrons. The highest BCUT2D eigenvalue weighted by molar-refractivity contribution is 7.18. The summed E-state index contributed by atoms with van der Waals surface area (Å²) in [5.74, 6) is -1.55. The summed E-state index contributed by atoms with van der Waals surface area (Å²) < 4.78 is 55.4. The Hall–Kier alpha value is -2.52. The Morgan fingerprint density at radius 3 is 2.43 bits per heavy atom. The molecule has 1 amide bonds. The molecule has 3 aromatic rings. The third-order valence-corrected chi connectivity index (χ3v) is 5.50. The molecule has 0 saturated heterocycles. The van der Waals surface area contributed by atoms with Gasteiger partial charge in [0.25, 0.3) is 0 Å². The van der Waals surface area contributed by atoms with Crippen molar-refractivity contribution in [2.75, 3.05) is 7.05 Å². The van der Waals surface area contributed by atoms with Crippen LogP contribution in [-0.2, 0) is 16.9 Å². The van der Waals surface area contributed by atoms with Crippen molar-refractivity contribution >= 4 is 27.5 Å². The minimum absolute atomic E-state index is 0.161. The van der Waals surface area contributed by atoms with Gasteiger partial charge in [0, 0.05) is 19.2 Å². The van der Waals surface area contributed by atoms with Crippen LogP contribution >= 0.6 is 11.3 Å². The first-order valence-electron chi connectivity index (χ1n) is 8.24. The van der Waals surface area contributed by atoms with E-state index in [1.807, 2.05) is 0 Å². The molecule has 0 aliphatic carbocycles. The SMILES string of the molecule is CN(Cc1ccccc1F)C(=O)CC(O)(c1nc2ccccc2s1)C(F)(F)F. The van der Waals surface area contributed by atoms with Crippen molar-refractivity contribution in [3.05, 3.63) is 64.9 Å². The van der Waals surface area contributed by atoms with Gasteiger partial charge in [-0.25, -0.2) is 9.37 Å². The molecule has 1 heterocycles. The number of thiazole rings is 1. The molecule has 0 fully saturated rings. The molecule has 9 heteroatoms. The number of aromatic nitrogens is 1. The molecular weight excluding hydrogens is 396 g/mol. The number of fused-ring (bicyclic) bond motifs is 1. The molecule has 0 saturated carbocycles. The average Bonchev–Trinajstić information content (AvgIpc) is 3.07. The number of aliphatic hydroxyl groups is 1. The van der Waals surface area contributed by atoms with Gasteiger partial charge >= 0.3 is 6.18 Å². The minimum Gasteiger partial charge on any atom is -0.374 e. The molecular formula is C19H16F4N2O2S. The van der Waals surface area contributed by atoms with Crippen LogP contribution in [0.2, 0.25) is 0 Å². The second kappa shape index (κ2) is 7.48. The second-order valence-electron chi connectivity index (χ2n) is 6.36. The van der Waals surface area contributed by atoms with E-state index in [0.29, 0.717) is 21.6 Å². The van der Waals surface area contributed by atoms with Crippen molar-refractivity contribution in [1.29, 1.82) is 0 Å². The maximum absolute atomic E-state index is 13.7. The van der Waals surface area contributed by atoms with Crippen LogP contribution < -0.4 is 0 Å². The van der Waals surface area contributed by atoms with E-state index in [0.717, 1.165) is 4.90 Å². The Kier molecular flexibility index (Phi) is 5.40. The summed E-state index contributed by atoms with van der Waals surface area (Å²) in [7, 11) is 1.25. The molecule has 1 N–H and O–H groups in total. The number of halogens is 4. The van der Waals surface area contributed by atoms with Gasteiger partial charge in [0.15, 0.2) is 0 Å². The fourth-order valence-corrected chi connectivity index (χ4v) is 3.74. The van der Waals surface area contributed by atoms with E-state index in [9.17, 15) is 27.5 Å². The summed E-state index contributed by atoms with van der Waals surface area (Å²) in [6.45, 7) is -0.223. The number of benzene rings is 2. The average molecular weight is 412 g/mol. The highest BCUT2D eigenvalue weighted by Crippen LogP contribution is 2.44. The van der Waals surface area contributed by atoms with E-state index in [2.05, 4.69) is 4.98 Å². The monoisotopic (exact) mass is 412 g/mol. The molecule has 0 aliphatic heterocycles. The van der Waals surface area contributed by atoms with Crippen LogP contribution in [0.15, 0.2) is 48.5 Å². The number of amides is 1. The maximum atomic E-state index is 13.7. The Labute approximate surface area is 162 Å². The van der Waals surface area contributed by atoms with Crippen LogP contribution in [0.1, 0.15) is 17.0 Å². The van der Waals surface area contributed by atoms with E-state index in [4.69, 9.17) is 0 Å². The summed E-state index contributed by atoms with van der Waals surface area (Å²) in [6, 6.07) is 12.0. The van der Waals surface area contributed by atoms with Crippen LogP contribution in [-0.4, -0.2) is 34.1 Å². The van der Waals surface area contributed by atoms with E-state index in [1.54, 1.807) is 24.3 Å². The van der Waals surface area contributed by atoms with Gasteiger partial charge in [-0.15, -0.1) is 11.3 Å². The number of carbonyl (C=O) groups excluding carboxylic acids is 1. The van der Waals surface area contributed by atoms with E-state index >= 15 is 0 Å². The lowest BCUT2D eigenvalue weighted by molar-refractivity contribution is -0.268. The molecule has 2 aromatic carbocycles. The number of carbonyl (C=O) groups is 1. The molecule has 0 aliphatic rings. The highest BCUT2D eigenvalue weighted by Gasteiger charge is 2.58.